The minimum Gasteiger partial charge on any atom is -0.378 e. The lowest BCUT2D eigenvalue weighted by Crippen LogP contribution is -2.43. The van der Waals surface area contributed by atoms with Crippen LogP contribution in [0.5, 0.6) is 0 Å². The van der Waals surface area contributed by atoms with Crippen molar-refractivity contribution in [3.05, 3.63) is 59.4 Å². The molecule has 158 valence electrons. The van der Waals surface area contributed by atoms with Crippen molar-refractivity contribution < 1.29 is 22.3 Å². The van der Waals surface area contributed by atoms with Crippen LogP contribution >= 0.6 is 0 Å². The van der Waals surface area contributed by atoms with Crippen molar-refractivity contribution in [2.75, 3.05) is 50.2 Å². The maximum atomic E-state index is 14.0. The summed E-state index contributed by atoms with van der Waals surface area (Å²) in [7, 11) is -0.280. The highest BCUT2D eigenvalue weighted by molar-refractivity contribution is 7.96. The second-order valence-corrected chi connectivity index (χ2v) is 9.18. The summed E-state index contributed by atoms with van der Waals surface area (Å²) in [6.45, 7) is 1.35. The lowest BCUT2D eigenvalue weighted by Gasteiger charge is -2.32. The van der Waals surface area contributed by atoms with E-state index in [2.05, 4.69) is 0 Å². The number of halogens is 1. The van der Waals surface area contributed by atoms with E-state index in [-0.39, 0.29) is 15.5 Å². The van der Waals surface area contributed by atoms with E-state index in [9.17, 15) is 17.6 Å². The number of rotatable bonds is 3. The highest BCUT2D eigenvalue weighted by Crippen LogP contribution is 2.40. The standard InChI is InChI=1S/C21H22FN3O4S/c1-23(2)16-4-6-17(7-5-16)25-14-20(21(26)24-9-11-29-12-10-24)30(27,28)19-8-3-15(22)13-18(19)25/h3-8,13-14H,9-12H2,1-2H3. The Bertz CT molecular complexity index is 1110. The van der Waals surface area contributed by atoms with Crippen LogP contribution in [0.4, 0.5) is 21.5 Å². The zero-order chi connectivity index (χ0) is 21.5. The third-order valence-electron chi connectivity index (χ3n) is 5.16. The maximum absolute atomic E-state index is 14.0. The molecule has 0 saturated carbocycles. The summed E-state index contributed by atoms with van der Waals surface area (Å²) in [6.07, 6.45) is 1.29. The van der Waals surface area contributed by atoms with Crippen LogP contribution in [-0.4, -0.2) is 59.6 Å². The Morgan fingerprint density at radius 1 is 1.07 bits per heavy atom. The number of carbonyl (C=O) groups is 1. The molecule has 0 spiro atoms. The summed E-state index contributed by atoms with van der Waals surface area (Å²) in [5.74, 6) is -1.14. The van der Waals surface area contributed by atoms with Crippen LogP contribution < -0.4 is 9.80 Å². The van der Waals surface area contributed by atoms with Gasteiger partial charge in [-0.2, -0.15) is 0 Å². The summed E-state index contributed by atoms with van der Waals surface area (Å²) >= 11 is 0. The van der Waals surface area contributed by atoms with Gasteiger partial charge in [0, 0.05) is 44.8 Å². The fraction of sp³-hybridized carbons (Fsp3) is 0.286. The number of anilines is 3. The number of hydrogen-bond donors (Lipinski definition) is 0. The molecule has 1 amide bonds. The summed E-state index contributed by atoms with van der Waals surface area (Å²) in [6, 6.07) is 10.8. The molecule has 0 atom stereocenters. The van der Waals surface area contributed by atoms with Gasteiger partial charge >= 0.3 is 0 Å². The summed E-state index contributed by atoms with van der Waals surface area (Å²) in [5, 5.41) is 0. The molecule has 0 aromatic heterocycles. The molecule has 2 aliphatic heterocycles. The number of fused-ring (bicyclic) bond motifs is 1. The largest absolute Gasteiger partial charge is 0.378 e. The number of hydrogen-bond acceptors (Lipinski definition) is 6. The van der Waals surface area contributed by atoms with E-state index >= 15 is 0 Å². The van der Waals surface area contributed by atoms with Crippen molar-refractivity contribution in [1.29, 1.82) is 0 Å². The van der Waals surface area contributed by atoms with Crippen LogP contribution in [0.1, 0.15) is 0 Å². The topological polar surface area (TPSA) is 70.2 Å². The van der Waals surface area contributed by atoms with E-state index in [1.807, 2.05) is 31.1 Å². The summed E-state index contributed by atoms with van der Waals surface area (Å²) < 4.78 is 45.7. The van der Waals surface area contributed by atoms with Gasteiger partial charge in [0.15, 0.2) is 4.91 Å². The molecule has 4 rings (SSSR count). The Morgan fingerprint density at radius 3 is 2.37 bits per heavy atom. The third kappa shape index (κ3) is 3.54. The zero-order valence-electron chi connectivity index (χ0n) is 16.7. The first-order valence-electron chi connectivity index (χ1n) is 9.49. The van der Waals surface area contributed by atoms with Gasteiger partial charge in [-0.05, 0) is 42.5 Å². The average molecular weight is 431 g/mol. The van der Waals surface area contributed by atoms with Gasteiger partial charge < -0.3 is 19.4 Å². The van der Waals surface area contributed by atoms with E-state index in [4.69, 9.17) is 4.74 Å². The highest BCUT2D eigenvalue weighted by atomic mass is 32.2. The third-order valence-corrected chi connectivity index (χ3v) is 6.94. The predicted octanol–water partition coefficient (Wildman–Crippen LogP) is 2.52. The molecule has 1 fully saturated rings. The number of nitrogens with zero attached hydrogens (tertiary/aromatic N) is 3. The quantitative estimate of drug-likeness (QED) is 0.696. The number of sulfone groups is 1. The van der Waals surface area contributed by atoms with Crippen molar-refractivity contribution in [1.82, 2.24) is 4.90 Å². The van der Waals surface area contributed by atoms with Crippen LogP contribution in [0.3, 0.4) is 0 Å². The molecule has 2 aromatic rings. The van der Waals surface area contributed by atoms with E-state index < -0.39 is 21.6 Å². The SMILES string of the molecule is CN(C)c1ccc(N2C=C(C(=O)N3CCOCC3)S(=O)(=O)c3ccc(F)cc32)cc1. The second kappa shape index (κ2) is 7.73. The van der Waals surface area contributed by atoms with Gasteiger partial charge in [0.1, 0.15) is 5.82 Å². The van der Waals surface area contributed by atoms with Gasteiger partial charge in [-0.25, -0.2) is 12.8 Å². The molecule has 0 unspecified atom stereocenters. The Balaban J connectivity index is 1.84. The molecule has 1 saturated heterocycles. The van der Waals surface area contributed by atoms with Crippen LogP contribution in [0.15, 0.2) is 58.5 Å². The number of benzene rings is 2. The number of ether oxygens (including phenoxy) is 1. The monoisotopic (exact) mass is 431 g/mol. The Hall–Kier alpha value is -2.91. The molecule has 2 aromatic carbocycles. The molecule has 9 heteroatoms. The fourth-order valence-electron chi connectivity index (χ4n) is 3.50. The van der Waals surface area contributed by atoms with Crippen LogP contribution in [0.2, 0.25) is 0 Å². The minimum atomic E-state index is -4.10. The molecule has 0 radical (unpaired) electrons. The van der Waals surface area contributed by atoms with Gasteiger partial charge in [-0.1, -0.05) is 0 Å². The van der Waals surface area contributed by atoms with Gasteiger partial charge in [0.05, 0.1) is 23.8 Å². The van der Waals surface area contributed by atoms with Gasteiger partial charge in [0.25, 0.3) is 5.91 Å². The lowest BCUT2D eigenvalue weighted by molar-refractivity contribution is -0.130. The van der Waals surface area contributed by atoms with Gasteiger partial charge in [-0.3, -0.25) is 4.79 Å². The van der Waals surface area contributed by atoms with Crippen LogP contribution in [-0.2, 0) is 19.4 Å². The molecule has 0 bridgehead atoms. The highest BCUT2D eigenvalue weighted by Gasteiger charge is 2.38. The van der Waals surface area contributed by atoms with Gasteiger partial charge in [-0.15, -0.1) is 0 Å². The van der Waals surface area contributed by atoms with Crippen molar-refractivity contribution in [3.8, 4) is 0 Å². The van der Waals surface area contributed by atoms with Crippen molar-refractivity contribution >= 4 is 32.8 Å². The first-order valence-corrected chi connectivity index (χ1v) is 11.0. The smallest absolute Gasteiger partial charge is 0.267 e. The molecular formula is C21H22FN3O4S. The zero-order valence-corrected chi connectivity index (χ0v) is 17.5. The second-order valence-electron chi connectivity index (χ2n) is 7.29. The minimum absolute atomic E-state index is 0.0975. The normalized spacial score (nSPS) is 17.9. The first-order chi connectivity index (χ1) is 14.3. The van der Waals surface area contributed by atoms with Crippen LogP contribution in [0, 0.1) is 5.82 Å². The van der Waals surface area contributed by atoms with Gasteiger partial charge in [0.2, 0.25) is 9.84 Å². The number of amides is 1. The Morgan fingerprint density at radius 2 is 1.73 bits per heavy atom. The number of morpholine rings is 1. The molecule has 7 nitrogen and oxygen atoms in total. The molecule has 0 N–H and O–H groups in total. The molecule has 0 aliphatic carbocycles. The maximum Gasteiger partial charge on any atom is 0.267 e. The lowest BCUT2D eigenvalue weighted by atomic mass is 10.2. The summed E-state index contributed by atoms with van der Waals surface area (Å²) in [4.78, 5) is 17.6. The van der Waals surface area contributed by atoms with Crippen molar-refractivity contribution in [3.63, 3.8) is 0 Å². The van der Waals surface area contributed by atoms with E-state index in [0.717, 1.165) is 11.8 Å². The van der Waals surface area contributed by atoms with E-state index in [0.29, 0.717) is 32.0 Å². The fourth-order valence-corrected chi connectivity index (χ4v) is 5.02. The average Bonchev–Trinajstić information content (AvgIpc) is 2.74. The number of carbonyl (C=O) groups excluding carboxylic acids is 1. The van der Waals surface area contributed by atoms with E-state index in [1.165, 1.54) is 23.2 Å². The van der Waals surface area contributed by atoms with Crippen molar-refractivity contribution in [2.45, 2.75) is 4.90 Å². The summed E-state index contributed by atoms with van der Waals surface area (Å²) in [5.41, 5.74) is 1.75. The Labute approximate surface area is 174 Å². The van der Waals surface area contributed by atoms with E-state index in [1.54, 1.807) is 17.0 Å². The van der Waals surface area contributed by atoms with Crippen molar-refractivity contribution in [2.24, 2.45) is 0 Å². The molecule has 30 heavy (non-hydrogen) atoms. The molecule has 2 aliphatic rings. The Kier molecular flexibility index (Phi) is 5.25. The molecule has 2 heterocycles. The predicted molar refractivity (Wildman–Crippen MR) is 112 cm³/mol. The van der Waals surface area contributed by atoms with Crippen LogP contribution in [0.25, 0.3) is 0 Å². The molecular weight excluding hydrogens is 409 g/mol. The first kappa shape index (κ1) is 20.4.